The van der Waals surface area contributed by atoms with Gasteiger partial charge < -0.3 is 5.73 Å². The number of fused-ring (bicyclic) bond motifs is 1. The number of terminal acetylenes is 1. The quantitative estimate of drug-likeness (QED) is 0.479. The Morgan fingerprint density at radius 2 is 2.43 bits per heavy atom. The van der Waals surface area contributed by atoms with E-state index in [0.29, 0.717) is 16.7 Å². The van der Waals surface area contributed by atoms with Gasteiger partial charge in [-0.05, 0) is 11.4 Å². The minimum atomic E-state index is 0.524. The first-order chi connectivity index (χ1) is 6.81. The van der Waals surface area contributed by atoms with E-state index in [1.54, 1.807) is 11.3 Å². The maximum Gasteiger partial charge on any atom is 0.191 e. The Bertz CT molecular complexity index is 498. The highest BCUT2D eigenvalue weighted by molar-refractivity contribution is 7.99. The van der Waals surface area contributed by atoms with Crippen LogP contribution in [0.5, 0.6) is 0 Å². The monoisotopic (exact) mass is 221 g/mol. The van der Waals surface area contributed by atoms with Crippen LogP contribution in [0.25, 0.3) is 10.2 Å². The molecule has 3 nitrogen and oxygen atoms in total. The number of anilines is 1. The van der Waals surface area contributed by atoms with Crippen LogP contribution < -0.4 is 5.73 Å². The number of hydrogen-bond acceptors (Lipinski definition) is 5. The van der Waals surface area contributed by atoms with E-state index in [1.807, 2.05) is 11.4 Å². The topological polar surface area (TPSA) is 51.8 Å². The van der Waals surface area contributed by atoms with Gasteiger partial charge in [-0.15, -0.1) is 17.8 Å². The third-order valence-electron chi connectivity index (χ3n) is 1.62. The molecule has 2 heterocycles. The molecular formula is C9H7N3S2. The Hall–Kier alpha value is -1.25. The number of hydrogen-bond donors (Lipinski definition) is 1. The molecule has 0 amide bonds. The zero-order chi connectivity index (χ0) is 9.97. The van der Waals surface area contributed by atoms with Gasteiger partial charge in [0.25, 0.3) is 0 Å². The number of aromatic nitrogens is 2. The van der Waals surface area contributed by atoms with Gasteiger partial charge in [0.05, 0.1) is 11.1 Å². The summed E-state index contributed by atoms with van der Waals surface area (Å²) in [5, 5.41) is 3.51. The van der Waals surface area contributed by atoms with E-state index in [2.05, 4.69) is 15.9 Å². The number of thioether (sulfide) groups is 1. The Morgan fingerprint density at radius 3 is 3.21 bits per heavy atom. The summed E-state index contributed by atoms with van der Waals surface area (Å²) >= 11 is 2.97. The van der Waals surface area contributed by atoms with Crippen LogP contribution in [0.3, 0.4) is 0 Å². The smallest absolute Gasteiger partial charge is 0.191 e. The van der Waals surface area contributed by atoms with Gasteiger partial charge >= 0.3 is 0 Å². The van der Waals surface area contributed by atoms with Crippen molar-refractivity contribution in [2.45, 2.75) is 5.16 Å². The second-order valence-electron chi connectivity index (χ2n) is 2.52. The van der Waals surface area contributed by atoms with Crippen molar-refractivity contribution in [3.05, 3.63) is 11.4 Å². The Morgan fingerprint density at radius 1 is 1.57 bits per heavy atom. The Labute approximate surface area is 89.7 Å². The summed E-state index contributed by atoms with van der Waals surface area (Å²) in [6.45, 7) is 0. The van der Waals surface area contributed by atoms with Gasteiger partial charge in [0, 0.05) is 0 Å². The lowest BCUT2D eigenvalue weighted by molar-refractivity contribution is 1.02. The van der Waals surface area contributed by atoms with E-state index < -0.39 is 0 Å². The molecule has 0 bridgehead atoms. The normalized spacial score (nSPS) is 10.2. The van der Waals surface area contributed by atoms with E-state index in [1.165, 1.54) is 11.8 Å². The summed E-state index contributed by atoms with van der Waals surface area (Å²) in [5.41, 5.74) is 5.76. The summed E-state index contributed by atoms with van der Waals surface area (Å²) in [6, 6.07) is 1.92. The third kappa shape index (κ3) is 1.67. The van der Waals surface area contributed by atoms with E-state index in [0.717, 1.165) is 10.2 Å². The minimum absolute atomic E-state index is 0.524. The molecule has 0 aliphatic heterocycles. The average Bonchev–Trinajstić information content (AvgIpc) is 2.63. The first-order valence-electron chi connectivity index (χ1n) is 3.88. The molecule has 70 valence electrons. The molecular weight excluding hydrogens is 214 g/mol. The molecule has 2 aromatic rings. The molecule has 14 heavy (non-hydrogen) atoms. The highest BCUT2D eigenvalue weighted by Gasteiger charge is 2.05. The maximum absolute atomic E-state index is 5.76. The lowest BCUT2D eigenvalue weighted by Crippen LogP contribution is -1.94. The lowest BCUT2D eigenvalue weighted by Gasteiger charge is -1.99. The molecule has 0 atom stereocenters. The fraction of sp³-hybridized carbons (Fsp3) is 0.111. The predicted molar refractivity (Wildman–Crippen MR) is 61.4 cm³/mol. The second kappa shape index (κ2) is 3.86. The molecule has 2 rings (SSSR count). The van der Waals surface area contributed by atoms with Crippen molar-refractivity contribution in [2.75, 3.05) is 11.5 Å². The molecule has 0 aliphatic rings. The molecule has 2 N–H and O–H groups in total. The predicted octanol–water partition coefficient (Wildman–Crippen LogP) is 2.00. The average molecular weight is 221 g/mol. The minimum Gasteiger partial charge on any atom is -0.383 e. The van der Waals surface area contributed by atoms with Crippen molar-refractivity contribution in [2.24, 2.45) is 0 Å². The zero-order valence-corrected chi connectivity index (χ0v) is 8.86. The molecule has 5 heteroatoms. The van der Waals surface area contributed by atoms with E-state index in [9.17, 15) is 0 Å². The summed E-state index contributed by atoms with van der Waals surface area (Å²) < 4.78 is 0. The van der Waals surface area contributed by atoms with E-state index in [4.69, 9.17) is 12.2 Å². The standard InChI is InChI=1S/C9H7N3S2/c1-2-4-14-9-11-7(10)6-3-5-13-8(6)12-9/h1,3,5H,4H2,(H2,10,11,12). The van der Waals surface area contributed by atoms with E-state index in [-0.39, 0.29) is 0 Å². The van der Waals surface area contributed by atoms with Gasteiger partial charge in [0.2, 0.25) is 0 Å². The largest absolute Gasteiger partial charge is 0.383 e. The van der Waals surface area contributed by atoms with Gasteiger partial charge in [-0.3, -0.25) is 0 Å². The summed E-state index contributed by atoms with van der Waals surface area (Å²) in [7, 11) is 0. The van der Waals surface area contributed by atoms with Crippen LogP contribution in [-0.4, -0.2) is 15.7 Å². The van der Waals surface area contributed by atoms with Crippen LogP contribution >= 0.6 is 23.1 Å². The van der Waals surface area contributed by atoms with Crippen molar-refractivity contribution in [1.82, 2.24) is 9.97 Å². The highest BCUT2D eigenvalue weighted by Crippen LogP contribution is 2.25. The number of nitrogen functional groups attached to an aromatic ring is 1. The first-order valence-corrected chi connectivity index (χ1v) is 5.75. The molecule has 0 radical (unpaired) electrons. The molecule has 0 saturated carbocycles. The van der Waals surface area contributed by atoms with Gasteiger partial charge in [0.1, 0.15) is 10.6 Å². The number of nitrogens with zero attached hydrogens (tertiary/aromatic N) is 2. The fourth-order valence-corrected chi connectivity index (χ4v) is 2.39. The van der Waals surface area contributed by atoms with Gasteiger partial charge in [-0.2, -0.15) is 0 Å². The number of rotatable bonds is 2. The van der Waals surface area contributed by atoms with Crippen LogP contribution in [0, 0.1) is 12.3 Å². The lowest BCUT2D eigenvalue weighted by atomic mass is 10.4. The van der Waals surface area contributed by atoms with Crippen LogP contribution in [0.15, 0.2) is 16.6 Å². The van der Waals surface area contributed by atoms with Crippen molar-refractivity contribution >= 4 is 39.1 Å². The van der Waals surface area contributed by atoms with Crippen LogP contribution in [0.4, 0.5) is 5.82 Å². The fourth-order valence-electron chi connectivity index (χ4n) is 1.03. The second-order valence-corrected chi connectivity index (χ2v) is 4.36. The summed E-state index contributed by atoms with van der Waals surface area (Å²) in [6.07, 6.45) is 5.15. The SMILES string of the molecule is C#CCSc1nc(N)c2ccsc2n1. The number of thiophene rings is 1. The zero-order valence-electron chi connectivity index (χ0n) is 7.23. The Balaban J connectivity index is 2.44. The van der Waals surface area contributed by atoms with Crippen molar-refractivity contribution in [3.8, 4) is 12.3 Å². The Kier molecular flexibility index (Phi) is 2.57. The maximum atomic E-state index is 5.76. The van der Waals surface area contributed by atoms with Gasteiger partial charge in [-0.1, -0.05) is 17.7 Å². The molecule has 0 spiro atoms. The summed E-state index contributed by atoms with van der Waals surface area (Å²) in [5.74, 6) is 3.61. The first kappa shape index (κ1) is 9.31. The molecule has 0 saturated heterocycles. The summed E-state index contributed by atoms with van der Waals surface area (Å²) in [4.78, 5) is 9.39. The molecule has 0 fully saturated rings. The van der Waals surface area contributed by atoms with Crippen molar-refractivity contribution in [3.63, 3.8) is 0 Å². The van der Waals surface area contributed by atoms with Crippen LogP contribution in [-0.2, 0) is 0 Å². The molecule has 0 aromatic carbocycles. The van der Waals surface area contributed by atoms with E-state index >= 15 is 0 Å². The van der Waals surface area contributed by atoms with Crippen LogP contribution in [0.2, 0.25) is 0 Å². The third-order valence-corrected chi connectivity index (χ3v) is 3.18. The highest BCUT2D eigenvalue weighted by atomic mass is 32.2. The van der Waals surface area contributed by atoms with Crippen LogP contribution in [0.1, 0.15) is 0 Å². The van der Waals surface area contributed by atoms with Gasteiger partial charge in [-0.25, -0.2) is 9.97 Å². The van der Waals surface area contributed by atoms with Crippen molar-refractivity contribution < 1.29 is 0 Å². The molecule has 0 unspecified atom stereocenters. The van der Waals surface area contributed by atoms with Crippen molar-refractivity contribution in [1.29, 1.82) is 0 Å². The molecule has 0 aliphatic carbocycles. The molecule has 2 aromatic heterocycles. The van der Waals surface area contributed by atoms with Gasteiger partial charge in [0.15, 0.2) is 5.16 Å². The number of nitrogens with two attached hydrogens (primary N) is 1.